The Morgan fingerprint density at radius 3 is 2.00 bits per heavy atom. The third kappa shape index (κ3) is 0.968. The fourth-order valence-corrected chi connectivity index (χ4v) is 2.39. The van der Waals surface area contributed by atoms with Crippen LogP contribution in [-0.2, 0) is 0 Å². The van der Waals surface area contributed by atoms with E-state index in [1.165, 1.54) is 32.1 Å². The van der Waals surface area contributed by atoms with E-state index in [9.17, 15) is 5.11 Å². The second-order valence-corrected chi connectivity index (χ2v) is 3.85. The van der Waals surface area contributed by atoms with Gasteiger partial charge in [-0.3, -0.25) is 0 Å². The standard InChI is InChI=1S/C9H16O/c10-9-6-2-5-8(9)7-3-1-4-7/h7-10H,1-6H2. The van der Waals surface area contributed by atoms with Crippen molar-refractivity contribution in [2.75, 3.05) is 0 Å². The number of rotatable bonds is 1. The molecule has 2 fully saturated rings. The molecule has 0 aliphatic heterocycles. The molecule has 0 bridgehead atoms. The first-order valence-corrected chi connectivity index (χ1v) is 4.56. The highest BCUT2D eigenvalue weighted by molar-refractivity contribution is 4.86. The van der Waals surface area contributed by atoms with Crippen LogP contribution >= 0.6 is 0 Å². The summed E-state index contributed by atoms with van der Waals surface area (Å²) in [4.78, 5) is 0. The maximum Gasteiger partial charge on any atom is 0.0571 e. The lowest BCUT2D eigenvalue weighted by atomic mass is 9.74. The van der Waals surface area contributed by atoms with E-state index in [1.54, 1.807) is 0 Å². The van der Waals surface area contributed by atoms with E-state index in [0.717, 1.165) is 12.3 Å². The zero-order valence-corrected chi connectivity index (χ0v) is 6.42. The maximum atomic E-state index is 9.52. The van der Waals surface area contributed by atoms with Crippen LogP contribution in [0.25, 0.3) is 0 Å². The molecule has 0 heterocycles. The summed E-state index contributed by atoms with van der Waals surface area (Å²) in [5, 5.41) is 9.52. The zero-order chi connectivity index (χ0) is 6.97. The Hall–Kier alpha value is -0.0400. The summed E-state index contributed by atoms with van der Waals surface area (Å²) in [6.07, 6.45) is 7.89. The van der Waals surface area contributed by atoms with Gasteiger partial charge in [-0.25, -0.2) is 0 Å². The fraction of sp³-hybridized carbons (Fsp3) is 1.00. The second kappa shape index (κ2) is 2.54. The molecule has 0 spiro atoms. The molecule has 0 aromatic rings. The summed E-state index contributed by atoms with van der Waals surface area (Å²) < 4.78 is 0. The largest absolute Gasteiger partial charge is 0.393 e. The monoisotopic (exact) mass is 140 g/mol. The van der Waals surface area contributed by atoms with Crippen molar-refractivity contribution in [2.45, 2.75) is 44.6 Å². The molecule has 1 nitrogen and oxygen atoms in total. The van der Waals surface area contributed by atoms with Crippen LogP contribution in [0.5, 0.6) is 0 Å². The van der Waals surface area contributed by atoms with E-state index in [4.69, 9.17) is 0 Å². The highest BCUT2D eigenvalue weighted by atomic mass is 16.3. The predicted molar refractivity (Wildman–Crippen MR) is 40.7 cm³/mol. The van der Waals surface area contributed by atoms with Gasteiger partial charge in [0.2, 0.25) is 0 Å². The van der Waals surface area contributed by atoms with Crippen LogP contribution in [0.15, 0.2) is 0 Å². The van der Waals surface area contributed by atoms with Gasteiger partial charge in [-0.15, -0.1) is 0 Å². The molecule has 2 saturated carbocycles. The molecule has 2 aliphatic carbocycles. The van der Waals surface area contributed by atoms with E-state index in [2.05, 4.69) is 0 Å². The Kier molecular flexibility index (Phi) is 1.69. The van der Waals surface area contributed by atoms with E-state index in [1.807, 2.05) is 0 Å². The molecule has 0 aromatic carbocycles. The van der Waals surface area contributed by atoms with E-state index in [0.29, 0.717) is 5.92 Å². The number of hydrogen-bond acceptors (Lipinski definition) is 1. The molecular formula is C9H16O. The summed E-state index contributed by atoms with van der Waals surface area (Å²) in [6.45, 7) is 0. The normalized spacial score (nSPS) is 41.7. The van der Waals surface area contributed by atoms with Gasteiger partial charge in [0.15, 0.2) is 0 Å². The van der Waals surface area contributed by atoms with Gasteiger partial charge in [0.25, 0.3) is 0 Å². The van der Waals surface area contributed by atoms with E-state index in [-0.39, 0.29) is 6.10 Å². The number of aliphatic hydroxyl groups excluding tert-OH is 1. The van der Waals surface area contributed by atoms with Crippen LogP contribution in [-0.4, -0.2) is 11.2 Å². The predicted octanol–water partition coefficient (Wildman–Crippen LogP) is 1.95. The Labute approximate surface area is 62.4 Å². The Morgan fingerprint density at radius 2 is 1.60 bits per heavy atom. The molecule has 2 unspecified atom stereocenters. The number of hydrogen-bond donors (Lipinski definition) is 1. The molecule has 10 heavy (non-hydrogen) atoms. The average molecular weight is 140 g/mol. The molecule has 0 radical (unpaired) electrons. The molecule has 0 aromatic heterocycles. The molecule has 0 amide bonds. The smallest absolute Gasteiger partial charge is 0.0571 e. The quantitative estimate of drug-likeness (QED) is 0.590. The molecule has 2 atom stereocenters. The van der Waals surface area contributed by atoms with Crippen LogP contribution in [0.2, 0.25) is 0 Å². The highest BCUT2D eigenvalue weighted by Crippen LogP contribution is 2.41. The van der Waals surface area contributed by atoms with Crippen molar-refractivity contribution in [1.82, 2.24) is 0 Å². The summed E-state index contributed by atoms with van der Waals surface area (Å²) >= 11 is 0. The van der Waals surface area contributed by atoms with Gasteiger partial charge < -0.3 is 5.11 Å². The van der Waals surface area contributed by atoms with Crippen LogP contribution in [0, 0.1) is 11.8 Å². The minimum atomic E-state index is 0.0605. The second-order valence-electron chi connectivity index (χ2n) is 3.85. The molecule has 2 rings (SSSR count). The summed E-state index contributed by atoms with van der Waals surface area (Å²) in [6, 6.07) is 0. The Morgan fingerprint density at radius 1 is 0.900 bits per heavy atom. The van der Waals surface area contributed by atoms with Crippen LogP contribution < -0.4 is 0 Å². The molecule has 58 valence electrons. The van der Waals surface area contributed by atoms with Crippen molar-refractivity contribution in [3.63, 3.8) is 0 Å². The third-order valence-electron chi connectivity index (χ3n) is 3.29. The van der Waals surface area contributed by atoms with Gasteiger partial charge in [0, 0.05) is 0 Å². The van der Waals surface area contributed by atoms with Crippen molar-refractivity contribution in [2.24, 2.45) is 11.8 Å². The van der Waals surface area contributed by atoms with Crippen molar-refractivity contribution in [1.29, 1.82) is 0 Å². The van der Waals surface area contributed by atoms with Crippen molar-refractivity contribution in [3.8, 4) is 0 Å². The van der Waals surface area contributed by atoms with E-state index < -0.39 is 0 Å². The first-order valence-electron chi connectivity index (χ1n) is 4.56. The first kappa shape index (κ1) is 6.66. The Bertz CT molecular complexity index is 118. The molecular weight excluding hydrogens is 124 g/mol. The molecule has 0 saturated heterocycles. The van der Waals surface area contributed by atoms with Crippen LogP contribution in [0.4, 0.5) is 0 Å². The molecule has 1 heteroatoms. The fourth-order valence-electron chi connectivity index (χ4n) is 2.39. The average Bonchev–Trinajstić information content (AvgIpc) is 2.12. The van der Waals surface area contributed by atoms with Gasteiger partial charge in [-0.2, -0.15) is 0 Å². The van der Waals surface area contributed by atoms with E-state index >= 15 is 0 Å². The summed E-state index contributed by atoms with van der Waals surface area (Å²) in [5.74, 6) is 1.59. The third-order valence-corrected chi connectivity index (χ3v) is 3.29. The Balaban J connectivity index is 1.90. The minimum absolute atomic E-state index is 0.0605. The van der Waals surface area contributed by atoms with Crippen LogP contribution in [0.1, 0.15) is 38.5 Å². The molecule has 2 aliphatic rings. The molecule has 1 N–H and O–H groups in total. The maximum absolute atomic E-state index is 9.52. The lowest BCUT2D eigenvalue weighted by Crippen LogP contribution is -2.27. The summed E-state index contributed by atoms with van der Waals surface area (Å²) in [5.41, 5.74) is 0. The van der Waals surface area contributed by atoms with Gasteiger partial charge in [-0.05, 0) is 24.7 Å². The van der Waals surface area contributed by atoms with Gasteiger partial charge in [-0.1, -0.05) is 25.7 Å². The lowest BCUT2D eigenvalue weighted by molar-refractivity contribution is 0.0673. The van der Waals surface area contributed by atoms with Gasteiger partial charge in [0.1, 0.15) is 0 Å². The zero-order valence-electron chi connectivity index (χ0n) is 6.42. The lowest BCUT2D eigenvalue weighted by Gasteiger charge is -2.33. The van der Waals surface area contributed by atoms with Crippen molar-refractivity contribution in [3.05, 3.63) is 0 Å². The van der Waals surface area contributed by atoms with Gasteiger partial charge in [0.05, 0.1) is 6.10 Å². The van der Waals surface area contributed by atoms with Crippen molar-refractivity contribution >= 4 is 0 Å². The van der Waals surface area contributed by atoms with Crippen LogP contribution in [0.3, 0.4) is 0 Å². The van der Waals surface area contributed by atoms with Crippen molar-refractivity contribution < 1.29 is 5.11 Å². The SMILES string of the molecule is OC1CCCC1C1CCC1. The first-order chi connectivity index (χ1) is 4.88. The topological polar surface area (TPSA) is 20.2 Å². The van der Waals surface area contributed by atoms with Gasteiger partial charge >= 0.3 is 0 Å². The number of aliphatic hydroxyl groups is 1. The minimum Gasteiger partial charge on any atom is -0.393 e. The highest BCUT2D eigenvalue weighted by Gasteiger charge is 2.35. The summed E-state index contributed by atoms with van der Waals surface area (Å²) in [7, 11) is 0.